The number of carboxylic acids is 1. The predicted octanol–water partition coefficient (Wildman–Crippen LogP) is 6.59. The van der Waals surface area contributed by atoms with E-state index in [1.54, 1.807) is 19.2 Å². The van der Waals surface area contributed by atoms with E-state index < -0.39 is 53.0 Å². The lowest BCUT2D eigenvalue weighted by Crippen LogP contribution is -2.59. The summed E-state index contributed by atoms with van der Waals surface area (Å²) in [6, 6.07) is 3.38. The van der Waals surface area contributed by atoms with Gasteiger partial charge in [0, 0.05) is 56.0 Å². The molecule has 3 saturated carbocycles. The van der Waals surface area contributed by atoms with Crippen molar-refractivity contribution in [2.24, 2.45) is 23.2 Å². The smallest absolute Gasteiger partial charge is 0.408 e. The highest BCUT2D eigenvalue weighted by Crippen LogP contribution is 2.52. The Morgan fingerprint density at radius 2 is 1.78 bits per heavy atom. The Labute approximate surface area is 383 Å². The number of thiazole rings is 1. The number of amides is 3. The van der Waals surface area contributed by atoms with Crippen molar-refractivity contribution in [3.8, 4) is 22.9 Å². The number of halogens is 1. The summed E-state index contributed by atoms with van der Waals surface area (Å²) in [6.45, 7) is 14.3. The van der Waals surface area contributed by atoms with Crippen molar-refractivity contribution < 1.29 is 43.2 Å². The fraction of sp³-hybridized carbons (Fsp3) is 0.652. The molecule has 3 amide bonds. The number of hydrogen-bond donors (Lipinski definition) is 4. The molecule has 3 aliphatic carbocycles. The summed E-state index contributed by atoms with van der Waals surface area (Å²) in [7, 11) is 1.73. The van der Waals surface area contributed by atoms with E-state index in [-0.39, 0.29) is 37.1 Å². The maximum atomic E-state index is 14.8. The average molecular weight is 925 g/mol. The maximum absolute atomic E-state index is 14.8. The van der Waals surface area contributed by atoms with Crippen LogP contribution in [-0.2, 0) is 23.9 Å². The highest BCUT2D eigenvalue weighted by Gasteiger charge is 2.61. The third-order valence-corrected chi connectivity index (χ3v) is 14.7. The van der Waals surface area contributed by atoms with Crippen molar-refractivity contribution >= 4 is 62.8 Å². The molecule has 1 aromatic carbocycles. The molecule has 0 bridgehead atoms. The van der Waals surface area contributed by atoms with E-state index in [2.05, 4.69) is 20.9 Å². The molecule has 348 valence electrons. The summed E-state index contributed by atoms with van der Waals surface area (Å²) in [5.74, 6) is -0.381. The Kier molecular flexibility index (Phi) is 13.3. The summed E-state index contributed by atoms with van der Waals surface area (Å²) in [4.78, 5) is 68.6. The third kappa shape index (κ3) is 9.87. The molecule has 64 heavy (non-hydrogen) atoms. The van der Waals surface area contributed by atoms with Gasteiger partial charge in [0.1, 0.15) is 58.7 Å². The number of nitrogens with one attached hydrogen (secondary N) is 3. The first kappa shape index (κ1) is 46.1. The summed E-state index contributed by atoms with van der Waals surface area (Å²) < 4.78 is 24.4. The Morgan fingerprint density at radius 3 is 2.44 bits per heavy atom. The van der Waals surface area contributed by atoms with Crippen molar-refractivity contribution in [1.82, 2.24) is 30.4 Å². The zero-order valence-electron chi connectivity index (χ0n) is 37.8. The molecule has 16 nitrogen and oxygen atoms in total. The molecule has 0 radical (unpaired) electrons. The number of likely N-dealkylation sites (tertiary alicyclic amines) is 2. The van der Waals surface area contributed by atoms with Gasteiger partial charge in [0.25, 0.3) is 0 Å². The number of carboxylic acid groups (broad SMARTS) is 1. The first-order valence-electron chi connectivity index (χ1n) is 22.7. The number of carbonyl (C=O) groups excluding carboxylic acids is 3. The number of anilines is 1. The Bertz CT molecular complexity index is 2240. The highest BCUT2D eigenvalue weighted by atomic mass is 35.5. The molecule has 0 spiro atoms. The Hall–Kier alpha value is -4.45. The second kappa shape index (κ2) is 18.4. The number of aliphatic carboxylic acids is 1. The predicted molar refractivity (Wildman–Crippen MR) is 243 cm³/mol. The molecule has 5 aliphatic rings. The number of hydrogen-bond acceptors (Lipinski definition) is 13. The second-order valence-electron chi connectivity index (χ2n) is 19.7. The number of methoxy groups -OCH3 is 1. The zero-order chi connectivity index (χ0) is 45.7. The van der Waals surface area contributed by atoms with Gasteiger partial charge in [-0.25, -0.2) is 19.6 Å². The number of carbonyl (C=O) groups is 4. The lowest BCUT2D eigenvalue weighted by molar-refractivity contribution is -0.146. The van der Waals surface area contributed by atoms with Crippen LogP contribution in [-0.4, -0.2) is 131 Å². The van der Waals surface area contributed by atoms with E-state index in [1.807, 2.05) is 53.0 Å². The molecule has 4 heterocycles. The van der Waals surface area contributed by atoms with Crippen LogP contribution in [0.1, 0.15) is 86.5 Å². The van der Waals surface area contributed by atoms with Crippen molar-refractivity contribution in [1.29, 1.82) is 0 Å². The van der Waals surface area contributed by atoms with Crippen LogP contribution in [0.4, 0.5) is 9.93 Å². The summed E-state index contributed by atoms with van der Waals surface area (Å²) in [6.07, 6.45) is 3.29. The van der Waals surface area contributed by atoms with Crippen molar-refractivity contribution in [2.75, 3.05) is 45.2 Å². The van der Waals surface area contributed by atoms with Gasteiger partial charge >= 0.3 is 12.1 Å². The van der Waals surface area contributed by atoms with Crippen LogP contribution in [0.15, 0.2) is 23.6 Å². The van der Waals surface area contributed by atoms with Crippen LogP contribution in [0, 0.1) is 23.2 Å². The monoisotopic (exact) mass is 923 g/mol. The minimum Gasteiger partial charge on any atom is -0.491 e. The molecule has 2 aliphatic heterocycles. The van der Waals surface area contributed by atoms with E-state index in [9.17, 15) is 24.3 Å². The quantitative estimate of drug-likeness (QED) is 0.113. The van der Waals surface area contributed by atoms with Crippen LogP contribution in [0.25, 0.3) is 22.3 Å². The van der Waals surface area contributed by atoms with E-state index in [0.717, 1.165) is 37.5 Å². The number of fused-ring (bicyclic) bond motifs is 2. The van der Waals surface area contributed by atoms with Crippen LogP contribution in [0.5, 0.6) is 11.5 Å². The summed E-state index contributed by atoms with van der Waals surface area (Å²) in [5, 5.41) is 22.8. The standard InChI is InChI=1S/C46H62ClN7O9S/c1-8-27-20-46(27,42(57)58)52-40(55)34-18-30(22-54(34)41(56)39(45(4,5)6)51-44(59)63-29-16-25-15-26(25)17-29)62-36-19-32(33-23-64-43(50-33)48-24(2)3)49-38-31(36)9-10-35(37(38)47)61-14-13-53-12-11-28(21-53)60-7/h9-10,19,23-30,34,39H,8,11-18,20-22H2,1-7H3,(H,48,50)(H,51,59)(H,52,55)(H,57,58)/t25-,26+,27-,28-,29?,30-,34+,39-,46-/m1/s1. The number of aromatic nitrogens is 2. The largest absolute Gasteiger partial charge is 0.491 e. The molecule has 5 fully saturated rings. The molecule has 18 heteroatoms. The SMILES string of the molecule is CC[C@@H]1C[C@]1(NC(=O)[C@@H]1C[C@@H](Oc2cc(-c3csc(NC(C)C)n3)nc3c(Cl)c(OCCN4CC[C@@H](OC)C4)ccc23)CN1C(=O)[C@@H](NC(=O)OC1C[C@@H]2C[C@@H]2C1)C(C)(C)C)C(=O)O. The van der Waals surface area contributed by atoms with Crippen molar-refractivity contribution in [3.63, 3.8) is 0 Å². The lowest BCUT2D eigenvalue weighted by atomic mass is 9.85. The molecule has 4 N–H and O–H groups in total. The van der Waals surface area contributed by atoms with E-state index >= 15 is 0 Å². The molecule has 2 saturated heterocycles. The van der Waals surface area contributed by atoms with Gasteiger partial charge in [0.2, 0.25) is 11.8 Å². The average Bonchev–Trinajstić information content (AvgIpc) is 3.72. The van der Waals surface area contributed by atoms with Gasteiger partial charge < -0.3 is 44.9 Å². The van der Waals surface area contributed by atoms with Crippen LogP contribution >= 0.6 is 22.9 Å². The maximum Gasteiger partial charge on any atom is 0.408 e. The van der Waals surface area contributed by atoms with Crippen molar-refractivity contribution in [2.45, 2.75) is 128 Å². The fourth-order valence-corrected chi connectivity index (χ4v) is 10.9. The van der Waals surface area contributed by atoms with Gasteiger partial charge in [-0.3, -0.25) is 14.5 Å². The zero-order valence-corrected chi connectivity index (χ0v) is 39.4. The molecule has 8 rings (SSSR count). The first-order chi connectivity index (χ1) is 30.5. The number of benzene rings is 1. The number of alkyl carbamates (subject to hydrolysis) is 1. The Balaban J connectivity index is 1.09. The minimum absolute atomic E-state index is 0.0306. The first-order valence-corrected chi connectivity index (χ1v) is 23.9. The molecule has 1 unspecified atom stereocenters. The summed E-state index contributed by atoms with van der Waals surface area (Å²) in [5.41, 5.74) is -0.687. The van der Waals surface area contributed by atoms with E-state index in [0.29, 0.717) is 76.6 Å². The number of nitrogens with zero attached hydrogens (tertiary/aromatic N) is 4. The normalized spacial score (nSPS) is 27.9. The second-order valence-corrected chi connectivity index (χ2v) is 20.9. The van der Waals surface area contributed by atoms with Crippen LogP contribution < -0.4 is 25.4 Å². The van der Waals surface area contributed by atoms with Crippen molar-refractivity contribution in [3.05, 3.63) is 28.6 Å². The number of pyridine rings is 1. The number of ether oxygens (including phenoxy) is 4. The molecule has 3 aromatic rings. The van der Waals surface area contributed by atoms with Gasteiger partial charge in [-0.1, -0.05) is 45.7 Å². The Morgan fingerprint density at radius 1 is 1.02 bits per heavy atom. The fourth-order valence-electron chi connectivity index (χ4n) is 9.75. The van der Waals surface area contributed by atoms with Gasteiger partial charge in [-0.05, 0) is 81.3 Å². The number of rotatable bonds is 17. The highest BCUT2D eigenvalue weighted by molar-refractivity contribution is 7.14. The van der Waals surface area contributed by atoms with E-state index in [4.69, 9.17) is 40.5 Å². The third-order valence-electron chi connectivity index (χ3n) is 13.6. The van der Waals surface area contributed by atoms with Gasteiger partial charge in [0.05, 0.1) is 23.9 Å². The van der Waals surface area contributed by atoms with Crippen LogP contribution in [0.2, 0.25) is 5.02 Å². The molecule has 9 atom stereocenters. The van der Waals surface area contributed by atoms with E-state index in [1.165, 1.54) is 22.7 Å². The van der Waals surface area contributed by atoms with Gasteiger partial charge in [0.15, 0.2) is 5.13 Å². The summed E-state index contributed by atoms with van der Waals surface area (Å²) >= 11 is 8.57. The molecular weight excluding hydrogens is 862 g/mol. The van der Waals surface area contributed by atoms with Gasteiger partial charge in [-0.15, -0.1) is 11.3 Å². The topological polar surface area (TPSA) is 194 Å². The lowest BCUT2D eigenvalue weighted by Gasteiger charge is -2.35. The van der Waals surface area contributed by atoms with Gasteiger partial charge in [-0.2, -0.15) is 0 Å². The molecule has 2 aromatic heterocycles. The molecular formula is C46H62ClN7O9S. The van der Waals surface area contributed by atoms with Crippen LogP contribution in [0.3, 0.4) is 0 Å². The minimum atomic E-state index is -1.42.